The van der Waals surface area contributed by atoms with Crippen LogP contribution in [-0.4, -0.2) is 12.4 Å². The second-order valence-corrected chi connectivity index (χ2v) is 1.25. The van der Waals surface area contributed by atoms with E-state index in [9.17, 15) is 4.79 Å². The number of carbonyl (C=O) groups excluding carboxylic acids is 1. The average Bonchev–Trinajstić information content (AvgIpc) is 1.65. The lowest BCUT2D eigenvalue weighted by atomic mass is 10.5. The second-order valence-electron chi connectivity index (χ2n) is 0.977. The van der Waals surface area contributed by atoms with Crippen LogP contribution in [0.4, 0.5) is 0 Å². The number of rotatable bonds is 2. The van der Waals surface area contributed by atoms with Crippen LogP contribution in [0.2, 0.25) is 0 Å². The van der Waals surface area contributed by atoms with Crippen LogP contribution in [0.5, 0.6) is 0 Å². The summed E-state index contributed by atoms with van der Waals surface area (Å²) in [5.41, 5.74) is 0. The summed E-state index contributed by atoms with van der Waals surface area (Å²) in [4.78, 5) is 9.60. The van der Waals surface area contributed by atoms with E-state index in [1.54, 1.807) is 6.92 Å². The van der Waals surface area contributed by atoms with Crippen molar-refractivity contribution in [3.63, 3.8) is 0 Å². The highest BCUT2D eigenvalue weighted by molar-refractivity contribution is 7.09. The van der Waals surface area contributed by atoms with Crippen LogP contribution >= 0.6 is 9.47 Å². The molecule has 2 atom stereocenters. The van der Waals surface area contributed by atoms with Gasteiger partial charge in [-0.05, 0) is 6.92 Å². The van der Waals surface area contributed by atoms with Gasteiger partial charge in [-0.2, -0.15) is 0 Å². The van der Waals surface area contributed by atoms with E-state index in [1.807, 2.05) is 9.47 Å². The summed E-state index contributed by atoms with van der Waals surface area (Å²) in [5, 5.41) is 0. The van der Waals surface area contributed by atoms with Gasteiger partial charge in [-0.25, -0.2) is 0 Å². The predicted molar refractivity (Wildman–Crippen MR) is 26.3 cm³/mol. The third kappa shape index (κ3) is 2.31. The minimum Gasteiger partial charge on any atom is -0.355 e. The molecule has 0 rings (SSSR count). The van der Waals surface area contributed by atoms with E-state index in [-0.39, 0.29) is 6.10 Å². The maximum absolute atomic E-state index is 9.60. The first kappa shape index (κ1) is 6.06. The SMILES string of the molecule is C[C@H](C=O)OP. The summed E-state index contributed by atoms with van der Waals surface area (Å²) in [6.07, 6.45) is 0.447. The molecule has 0 aliphatic rings. The lowest BCUT2D eigenvalue weighted by Gasteiger charge is -1.93. The third-order valence-corrected chi connectivity index (χ3v) is 0.836. The molecule has 6 heavy (non-hydrogen) atoms. The van der Waals surface area contributed by atoms with E-state index in [2.05, 4.69) is 4.52 Å². The molecule has 0 fully saturated rings. The van der Waals surface area contributed by atoms with Gasteiger partial charge in [0.1, 0.15) is 12.4 Å². The number of aldehydes is 1. The second kappa shape index (κ2) is 3.26. The van der Waals surface area contributed by atoms with Gasteiger partial charge in [0.15, 0.2) is 0 Å². The Labute approximate surface area is 39.2 Å². The summed E-state index contributed by atoms with van der Waals surface area (Å²) in [6, 6.07) is 0. The molecule has 0 aliphatic carbocycles. The first-order chi connectivity index (χ1) is 2.81. The smallest absolute Gasteiger partial charge is 0.148 e. The highest BCUT2D eigenvalue weighted by Gasteiger charge is 1.89. The van der Waals surface area contributed by atoms with Crippen molar-refractivity contribution >= 4 is 15.8 Å². The van der Waals surface area contributed by atoms with Gasteiger partial charge in [0, 0.05) is 9.47 Å². The largest absolute Gasteiger partial charge is 0.355 e. The molecule has 3 heteroatoms. The summed E-state index contributed by atoms with van der Waals surface area (Å²) >= 11 is 0. The lowest BCUT2D eigenvalue weighted by Crippen LogP contribution is -2.00. The summed E-state index contributed by atoms with van der Waals surface area (Å²) in [7, 11) is 2.01. The molecular weight excluding hydrogens is 99.0 g/mol. The topological polar surface area (TPSA) is 26.3 Å². The highest BCUT2D eigenvalue weighted by Crippen LogP contribution is 1.90. The van der Waals surface area contributed by atoms with Crippen molar-refractivity contribution < 1.29 is 9.32 Å². The van der Waals surface area contributed by atoms with Crippen molar-refractivity contribution in [1.29, 1.82) is 0 Å². The summed E-state index contributed by atoms with van der Waals surface area (Å²) < 4.78 is 4.45. The molecule has 0 aromatic carbocycles. The van der Waals surface area contributed by atoms with Crippen molar-refractivity contribution in [1.82, 2.24) is 0 Å². The predicted octanol–water partition coefficient (Wildman–Crippen LogP) is 0.380. The van der Waals surface area contributed by atoms with Gasteiger partial charge in [-0.15, -0.1) is 0 Å². The summed E-state index contributed by atoms with van der Waals surface area (Å²) in [6.45, 7) is 1.67. The Hall–Kier alpha value is 0.0600. The van der Waals surface area contributed by atoms with Crippen LogP contribution in [0.15, 0.2) is 0 Å². The van der Waals surface area contributed by atoms with Crippen molar-refractivity contribution in [3.8, 4) is 0 Å². The Kier molecular flexibility index (Phi) is 3.29. The molecule has 1 unspecified atom stereocenters. The molecule has 0 aliphatic heterocycles. The lowest BCUT2D eigenvalue weighted by molar-refractivity contribution is -0.112. The quantitative estimate of drug-likeness (QED) is 0.375. The van der Waals surface area contributed by atoms with Gasteiger partial charge < -0.3 is 9.32 Å². The minimum atomic E-state index is -0.282. The van der Waals surface area contributed by atoms with Crippen molar-refractivity contribution in [3.05, 3.63) is 0 Å². The van der Waals surface area contributed by atoms with Gasteiger partial charge in [-0.3, -0.25) is 0 Å². The molecule has 0 saturated carbocycles. The number of hydrogen-bond donors (Lipinski definition) is 0. The maximum atomic E-state index is 9.60. The number of carbonyl (C=O) groups is 1. The summed E-state index contributed by atoms with van der Waals surface area (Å²) in [5.74, 6) is 0. The van der Waals surface area contributed by atoms with Crippen LogP contribution < -0.4 is 0 Å². The molecule has 0 radical (unpaired) electrons. The fourth-order valence-corrected chi connectivity index (χ4v) is 0.0962. The molecule has 0 heterocycles. The third-order valence-electron chi connectivity index (χ3n) is 0.406. The van der Waals surface area contributed by atoms with Crippen LogP contribution in [0.3, 0.4) is 0 Å². The van der Waals surface area contributed by atoms with Crippen molar-refractivity contribution in [2.24, 2.45) is 0 Å². The van der Waals surface area contributed by atoms with E-state index in [4.69, 9.17) is 0 Å². The average molecular weight is 106 g/mol. The zero-order chi connectivity index (χ0) is 4.99. The molecule has 0 amide bonds. The van der Waals surface area contributed by atoms with Crippen LogP contribution in [0.1, 0.15) is 6.92 Å². The van der Waals surface area contributed by atoms with Gasteiger partial charge >= 0.3 is 0 Å². The molecular formula is C3H7O2P. The molecule has 36 valence electrons. The van der Waals surface area contributed by atoms with Gasteiger partial charge in [0.25, 0.3) is 0 Å². The van der Waals surface area contributed by atoms with E-state index in [0.29, 0.717) is 0 Å². The van der Waals surface area contributed by atoms with E-state index in [1.165, 1.54) is 0 Å². The van der Waals surface area contributed by atoms with Gasteiger partial charge in [0.05, 0.1) is 0 Å². The highest BCUT2D eigenvalue weighted by atomic mass is 31.0. The molecule has 0 saturated heterocycles. The van der Waals surface area contributed by atoms with E-state index >= 15 is 0 Å². The minimum absolute atomic E-state index is 0.282. The number of hydrogen-bond acceptors (Lipinski definition) is 2. The fraction of sp³-hybridized carbons (Fsp3) is 0.667. The zero-order valence-electron chi connectivity index (χ0n) is 3.55. The standard InChI is InChI=1S/C3H7O2P/c1-3(2-4)5-6/h2-3H,6H2,1H3/t3-/m1/s1. The van der Waals surface area contributed by atoms with Gasteiger partial charge in [0.2, 0.25) is 0 Å². The Morgan fingerprint density at radius 3 is 2.50 bits per heavy atom. The first-order valence-corrected chi connectivity index (χ1v) is 2.09. The Morgan fingerprint density at radius 2 is 2.50 bits per heavy atom. The van der Waals surface area contributed by atoms with Crippen LogP contribution in [-0.2, 0) is 9.32 Å². The molecule has 0 aromatic heterocycles. The molecule has 0 spiro atoms. The Balaban J connectivity index is 2.96. The van der Waals surface area contributed by atoms with E-state index in [0.717, 1.165) is 6.29 Å². The Bertz CT molecular complexity index is 46.1. The maximum Gasteiger partial charge on any atom is 0.148 e. The van der Waals surface area contributed by atoms with Gasteiger partial charge in [-0.1, -0.05) is 0 Å². The van der Waals surface area contributed by atoms with Crippen LogP contribution in [0, 0.1) is 0 Å². The fourth-order valence-electron chi connectivity index (χ4n) is 0.0321. The van der Waals surface area contributed by atoms with E-state index < -0.39 is 0 Å². The van der Waals surface area contributed by atoms with Crippen LogP contribution in [0.25, 0.3) is 0 Å². The van der Waals surface area contributed by atoms with Crippen molar-refractivity contribution in [2.75, 3.05) is 0 Å². The molecule has 2 nitrogen and oxygen atoms in total. The molecule has 0 aromatic rings. The molecule has 0 N–H and O–H groups in total. The first-order valence-electron chi connectivity index (χ1n) is 1.62. The molecule has 0 bridgehead atoms. The van der Waals surface area contributed by atoms with Crippen molar-refractivity contribution in [2.45, 2.75) is 13.0 Å². The monoisotopic (exact) mass is 106 g/mol. The normalized spacial score (nSPS) is 13.7. The zero-order valence-corrected chi connectivity index (χ0v) is 4.70. The Morgan fingerprint density at radius 1 is 2.00 bits per heavy atom.